The maximum Gasteiger partial charge on any atom is 0.126 e. The number of rotatable bonds is 4. The molecule has 1 nitrogen and oxygen atoms in total. The van der Waals surface area contributed by atoms with E-state index in [-0.39, 0.29) is 11.7 Å². The lowest BCUT2D eigenvalue weighted by molar-refractivity contribution is 0.576. The van der Waals surface area contributed by atoms with Gasteiger partial charge in [-0.2, -0.15) is 0 Å². The van der Waals surface area contributed by atoms with Gasteiger partial charge in [-0.05, 0) is 42.3 Å². The van der Waals surface area contributed by atoms with Gasteiger partial charge in [0.1, 0.15) is 5.82 Å². The van der Waals surface area contributed by atoms with Crippen LogP contribution in [0.4, 0.5) is 4.39 Å². The van der Waals surface area contributed by atoms with Crippen LogP contribution in [0, 0.1) is 5.82 Å². The van der Waals surface area contributed by atoms with Crippen LogP contribution >= 0.6 is 23.2 Å². The first-order valence-electron chi connectivity index (χ1n) is 6.01. The molecule has 0 saturated carbocycles. The van der Waals surface area contributed by atoms with Gasteiger partial charge in [0.15, 0.2) is 0 Å². The second kappa shape index (κ2) is 6.38. The Hall–Kier alpha value is -1.09. The van der Waals surface area contributed by atoms with Crippen molar-refractivity contribution < 1.29 is 4.39 Å². The molecule has 0 aliphatic heterocycles. The van der Waals surface area contributed by atoms with E-state index in [2.05, 4.69) is 0 Å². The fraction of sp³-hybridized carbons (Fsp3) is 0.200. The highest BCUT2D eigenvalue weighted by molar-refractivity contribution is 6.36. The third-order valence-electron chi connectivity index (χ3n) is 3.14. The van der Waals surface area contributed by atoms with Crippen LogP contribution in [0.3, 0.4) is 0 Å². The summed E-state index contributed by atoms with van der Waals surface area (Å²) < 4.78 is 13.8. The zero-order chi connectivity index (χ0) is 13.8. The molecule has 2 aromatic carbocycles. The molecule has 1 unspecified atom stereocenters. The van der Waals surface area contributed by atoms with Gasteiger partial charge in [0.05, 0.1) is 0 Å². The van der Waals surface area contributed by atoms with Crippen LogP contribution in [0.2, 0.25) is 10.0 Å². The highest BCUT2D eigenvalue weighted by Gasteiger charge is 2.17. The smallest absolute Gasteiger partial charge is 0.126 e. The van der Waals surface area contributed by atoms with Gasteiger partial charge in [-0.3, -0.25) is 0 Å². The van der Waals surface area contributed by atoms with Gasteiger partial charge in [-0.25, -0.2) is 4.39 Å². The summed E-state index contributed by atoms with van der Waals surface area (Å²) in [6.45, 7) is 0.336. The summed E-state index contributed by atoms with van der Waals surface area (Å²) in [5.41, 5.74) is 7.18. The molecule has 0 saturated heterocycles. The Labute approximate surface area is 122 Å². The average molecular weight is 298 g/mol. The maximum absolute atomic E-state index is 13.8. The van der Waals surface area contributed by atoms with Crippen molar-refractivity contribution in [3.8, 4) is 0 Å². The highest BCUT2D eigenvalue weighted by Crippen LogP contribution is 2.30. The van der Waals surface area contributed by atoms with E-state index >= 15 is 0 Å². The van der Waals surface area contributed by atoms with Crippen molar-refractivity contribution in [1.29, 1.82) is 0 Å². The van der Waals surface area contributed by atoms with E-state index in [1.807, 2.05) is 0 Å². The van der Waals surface area contributed by atoms with E-state index < -0.39 is 0 Å². The Kier molecular flexibility index (Phi) is 4.81. The second-order valence-corrected chi connectivity index (χ2v) is 5.17. The minimum atomic E-state index is -0.249. The zero-order valence-electron chi connectivity index (χ0n) is 10.2. The fourth-order valence-electron chi connectivity index (χ4n) is 2.10. The van der Waals surface area contributed by atoms with Gasteiger partial charge in [0, 0.05) is 16.0 Å². The van der Waals surface area contributed by atoms with Crippen LogP contribution in [-0.4, -0.2) is 6.54 Å². The van der Waals surface area contributed by atoms with Crippen molar-refractivity contribution in [3.63, 3.8) is 0 Å². The maximum atomic E-state index is 13.8. The average Bonchev–Trinajstić information content (AvgIpc) is 2.40. The first-order chi connectivity index (χ1) is 9.13. The molecular formula is C15H14Cl2FN. The van der Waals surface area contributed by atoms with E-state index in [1.165, 1.54) is 6.07 Å². The normalized spacial score (nSPS) is 12.4. The van der Waals surface area contributed by atoms with Crippen LogP contribution < -0.4 is 5.73 Å². The van der Waals surface area contributed by atoms with E-state index in [0.717, 1.165) is 5.56 Å². The summed E-state index contributed by atoms with van der Waals surface area (Å²) >= 11 is 12.3. The standard InChI is InChI=1S/C15H14Cl2FN/c16-13-5-3-6-14(17)12(13)8-10(9-19)11-4-1-2-7-15(11)18/h1-7,10H,8-9,19H2. The molecule has 0 aromatic heterocycles. The molecule has 19 heavy (non-hydrogen) atoms. The zero-order valence-corrected chi connectivity index (χ0v) is 11.8. The minimum Gasteiger partial charge on any atom is -0.330 e. The molecule has 0 spiro atoms. The van der Waals surface area contributed by atoms with Crippen molar-refractivity contribution in [2.45, 2.75) is 12.3 Å². The first-order valence-corrected chi connectivity index (χ1v) is 6.76. The fourth-order valence-corrected chi connectivity index (χ4v) is 2.65. The van der Waals surface area contributed by atoms with Crippen LogP contribution in [0.25, 0.3) is 0 Å². The van der Waals surface area contributed by atoms with Gasteiger partial charge < -0.3 is 5.73 Å². The summed E-state index contributed by atoms with van der Waals surface area (Å²) in [6, 6.07) is 12.0. The van der Waals surface area contributed by atoms with Crippen molar-refractivity contribution in [3.05, 3.63) is 69.5 Å². The Morgan fingerprint density at radius 3 is 2.21 bits per heavy atom. The Bertz CT molecular complexity index is 552. The van der Waals surface area contributed by atoms with E-state index in [1.54, 1.807) is 36.4 Å². The van der Waals surface area contributed by atoms with Crippen LogP contribution in [0.1, 0.15) is 17.0 Å². The SMILES string of the molecule is NCC(Cc1c(Cl)cccc1Cl)c1ccccc1F. The summed E-state index contributed by atoms with van der Waals surface area (Å²) in [7, 11) is 0. The molecule has 0 heterocycles. The number of halogens is 3. The third kappa shape index (κ3) is 3.27. The topological polar surface area (TPSA) is 26.0 Å². The number of hydrogen-bond donors (Lipinski definition) is 1. The van der Waals surface area contributed by atoms with Gasteiger partial charge in [-0.1, -0.05) is 47.5 Å². The summed E-state index contributed by atoms with van der Waals surface area (Å²) in [5.74, 6) is -0.389. The molecule has 0 radical (unpaired) electrons. The van der Waals surface area contributed by atoms with Gasteiger partial charge >= 0.3 is 0 Å². The Morgan fingerprint density at radius 2 is 1.63 bits per heavy atom. The molecule has 0 bridgehead atoms. The van der Waals surface area contributed by atoms with Crippen molar-refractivity contribution in [1.82, 2.24) is 0 Å². The molecule has 0 fully saturated rings. The van der Waals surface area contributed by atoms with E-state index in [4.69, 9.17) is 28.9 Å². The summed E-state index contributed by atoms with van der Waals surface area (Å²) in [4.78, 5) is 0. The third-order valence-corrected chi connectivity index (χ3v) is 3.85. The molecule has 0 aliphatic carbocycles. The van der Waals surface area contributed by atoms with Gasteiger partial charge in [0.25, 0.3) is 0 Å². The first kappa shape index (κ1) is 14.3. The Morgan fingerprint density at radius 1 is 1.00 bits per heavy atom. The van der Waals surface area contributed by atoms with Crippen LogP contribution in [0.5, 0.6) is 0 Å². The van der Waals surface area contributed by atoms with Crippen LogP contribution in [-0.2, 0) is 6.42 Å². The summed E-state index contributed by atoms with van der Waals surface area (Å²) in [5, 5.41) is 1.17. The van der Waals surface area contributed by atoms with Crippen molar-refractivity contribution in [2.75, 3.05) is 6.54 Å². The second-order valence-electron chi connectivity index (χ2n) is 4.36. The quantitative estimate of drug-likeness (QED) is 0.888. The molecule has 0 aliphatic rings. The minimum absolute atomic E-state index is 0.140. The predicted molar refractivity (Wildman–Crippen MR) is 78.4 cm³/mol. The molecule has 4 heteroatoms. The van der Waals surface area contributed by atoms with Crippen molar-refractivity contribution in [2.24, 2.45) is 5.73 Å². The molecule has 100 valence electrons. The molecule has 2 rings (SSSR count). The largest absolute Gasteiger partial charge is 0.330 e. The predicted octanol–water partition coefficient (Wildman–Crippen LogP) is 4.42. The molecule has 2 N–H and O–H groups in total. The van der Waals surface area contributed by atoms with E-state index in [9.17, 15) is 4.39 Å². The molecule has 1 atom stereocenters. The van der Waals surface area contributed by atoms with Crippen molar-refractivity contribution >= 4 is 23.2 Å². The lowest BCUT2D eigenvalue weighted by atomic mass is 9.91. The number of hydrogen-bond acceptors (Lipinski definition) is 1. The van der Waals surface area contributed by atoms with Gasteiger partial charge in [-0.15, -0.1) is 0 Å². The molecule has 0 amide bonds. The van der Waals surface area contributed by atoms with E-state index in [0.29, 0.717) is 28.6 Å². The summed E-state index contributed by atoms with van der Waals surface area (Å²) in [6.07, 6.45) is 0.524. The lowest BCUT2D eigenvalue weighted by Gasteiger charge is -2.17. The molecule has 2 aromatic rings. The number of benzene rings is 2. The number of nitrogens with two attached hydrogens (primary N) is 1. The van der Waals surface area contributed by atoms with Crippen LogP contribution in [0.15, 0.2) is 42.5 Å². The monoisotopic (exact) mass is 297 g/mol. The Balaban J connectivity index is 2.32. The molecular weight excluding hydrogens is 284 g/mol. The lowest BCUT2D eigenvalue weighted by Crippen LogP contribution is -2.16. The highest BCUT2D eigenvalue weighted by atomic mass is 35.5. The van der Waals surface area contributed by atoms with Gasteiger partial charge in [0.2, 0.25) is 0 Å².